The highest BCUT2D eigenvalue weighted by atomic mass is 16.4. The van der Waals surface area contributed by atoms with Gasteiger partial charge in [0.1, 0.15) is 0 Å². The molecular formula is C9H20N2O3. The number of carboxylic acid groups (broad SMARTS) is 1. The van der Waals surface area contributed by atoms with Gasteiger partial charge in [0, 0.05) is 25.2 Å². The summed E-state index contributed by atoms with van der Waals surface area (Å²) in [6, 6.07) is 0.0744. The maximum absolute atomic E-state index is 10.3. The molecule has 4 N–H and O–H groups in total. The molecule has 0 bridgehead atoms. The molecule has 0 unspecified atom stereocenters. The van der Waals surface area contributed by atoms with Crippen LogP contribution in [0.25, 0.3) is 0 Å². The van der Waals surface area contributed by atoms with E-state index in [0.29, 0.717) is 12.6 Å². The van der Waals surface area contributed by atoms with E-state index in [9.17, 15) is 4.79 Å². The molecule has 0 aromatic heterocycles. The maximum Gasteiger partial charge on any atom is 0.305 e. The van der Waals surface area contributed by atoms with Gasteiger partial charge in [-0.2, -0.15) is 0 Å². The molecule has 5 heteroatoms. The van der Waals surface area contributed by atoms with E-state index in [0.717, 1.165) is 6.54 Å². The van der Waals surface area contributed by atoms with Gasteiger partial charge < -0.3 is 20.8 Å². The molecule has 5 nitrogen and oxygen atoms in total. The van der Waals surface area contributed by atoms with Crippen molar-refractivity contribution in [2.45, 2.75) is 32.4 Å². The molecule has 14 heavy (non-hydrogen) atoms. The summed E-state index contributed by atoms with van der Waals surface area (Å²) in [7, 11) is 0. The van der Waals surface area contributed by atoms with Crippen molar-refractivity contribution in [1.82, 2.24) is 10.6 Å². The van der Waals surface area contributed by atoms with Gasteiger partial charge in [-0.1, -0.05) is 13.8 Å². The van der Waals surface area contributed by atoms with Crippen LogP contribution in [0, 0.1) is 0 Å². The number of aliphatic hydroxyl groups excluding tert-OH is 1. The third-order valence-corrected chi connectivity index (χ3v) is 1.75. The van der Waals surface area contributed by atoms with Gasteiger partial charge >= 0.3 is 5.97 Å². The summed E-state index contributed by atoms with van der Waals surface area (Å²) in [5, 5.41) is 23.5. The lowest BCUT2D eigenvalue weighted by atomic mass is 10.2. The van der Waals surface area contributed by atoms with Gasteiger partial charge in [-0.25, -0.2) is 0 Å². The minimum atomic E-state index is -0.895. The first kappa shape index (κ1) is 13.4. The molecule has 0 aliphatic heterocycles. The van der Waals surface area contributed by atoms with Gasteiger partial charge in [0.05, 0.1) is 13.0 Å². The van der Waals surface area contributed by atoms with Gasteiger partial charge in [-0.15, -0.1) is 0 Å². The van der Waals surface area contributed by atoms with Crippen molar-refractivity contribution in [2.75, 3.05) is 19.7 Å². The number of carboxylic acids is 1. The van der Waals surface area contributed by atoms with E-state index < -0.39 is 5.97 Å². The monoisotopic (exact) mass is 204 g/mol. The molecule has 0 saturated heterocycles. The molecule has 0 rings (SSSR count). The zero-order valence-electron chi connectivity index (χ0n) is 8.79. The standard InChI is InChI=1S/C9H20N2O3/c1-7(2)10-3-4-11-8(6-12)5-9(13)14/h7-8,10-12H,3-6H2,1-2H3,(H,13,14)/t8-/m1/s1. The minimum Gasteiger partial charge on any atom is -0.481 e. The molecule has 0 radical (unpaired) electrons. The number of carbonyl (C=O) groups is 1. The number of aliphatic carboxylic acids is 1. The summed E-state index contributed by atoms with van der Waals surface area (Å²) in [6.45, 7) is 5.38. The molecule has 0 heterocycles. The minimum absolute atomic E-state index is 0.0435. The lowest BCUT2D eigenvalue weighted by Gasteiger charge is -2.15. The van der Waals surface area contributed by atoms with Crippen molar-refractivity contribution >= 4 is 5.97 Å². The highest BCUT2D eigenvalue weighted by Gasteiger charge is 2.10. The number of nitrogens with one attached hydrogen (secondary N) is 2. The van der Waals surface area contributed by atoms with E-state index in [4.69, 9.17) is 10.2 Å². The second-order valence-electron chi connectivity index (χ2n) is 3.54. The van der Waals surface area contributed by atoms with E-state index in [1.54, 1.807) is 0 Å². The fraction of sp³-hybridized carbons (Fsp3) is 0.889. The zero-order chi connectivity index (χ0) is 11.0. The van der Waals surface area contributed by atoms with Crippen molar-refractivity contribution in [3.8, 4) is 0 Å². The maximum atomic E-state index is 10.3. The van der Waals surface area contributed by atoms with Gasteiger partial charge in [-0.3, -0.25) is 4.79 Å². The van der Waals surface area contributed by atoms with Gasteiger partial charge in [-0.05, 0) is 0 Å². The Labute approximate surface area is 84.5 Å². The second-order valence-corrected chi connectivity index (χ2v) is 3.54. The first-order valence-electron chi connectivity index (χ1n) is 4.85. The van der Waals surface area contributed by atoms with Crippen LogP contribution in [0.3, 0.4) is 0 Å². The third-order valence-electron chi connectivity index (χ3n) is 1.75. The van der Waals surface area contributed by atoms with Crippen LogP contribution < -0.4 is 10.6 Å². The van der Waals surface area contributed by atoms with Crippen LogP contribution in [0.15, 0.2) is 0 Å². The van der Waals surface area contributed by atoms with Crippen LogP contribution in [0.2, 0.25) is 0 Å². The third kappa shape index (κ3) is 7.97. The fourth-order valence-electron chi connectivity index (χ4n) is 1.05. The number of hydrogen-bond donors (Lipinski definition) is 4. The predicted molar refractivity (Wildman–Crippen MR) is 54.3 cm³/mol. The molecule has 0 spiro atoms. The van der Waals surface area contributed by atoms with Crippen molar-refractivity contribution < 1.29 is 15.0 Å². The van der Waals surface area contributed by atoms with E-state index in [-0.39, 0.29) is 19.1 Å². The van der Waals surface area contributed by atoms with Crippen molar-refractivity contribution in [1.29, 1.82) is 0 Å². The molecular weight excluding hydrogens is 184 g/mol. The molecule has 0 aromatic rings. The summed E-state index contributed by atoms with van der Waals surface area (Å²) >= 11 is 0. The number of hydrogen-bond acceptors (Lipinski definition) is 4. The Hall–Kier alpha value is -0.650. The normalized spacial score (nSPS) is 13.1. The van der Waals surface area contributed by atoms with Crippen LogP contribution in [-0.4, -0.2) is 48.0 Å². The van der Waals surface area contributed by atoms with E-state index in [1.165, 1.54) is 0 Å². The molecule has 0 aliphatic carbocycles. The molecule has 1 atom stereocenters. The van der Waals surface area contributed by atoms with Crippen LogP contribution in [0.1, 0.15) is 20.3 Å². The summed E-state index contributed by atoms with van der Waals surface area (Å²) in [6.07, 6.45) is -0.0435. The highest BCUT2D eigenvalue weighted by Crippen LogP contribution is 1.89. The zero-order valence-corrected chi connectivity index (χ0v) is 8.79. The average molecular weight is 204 g/mol. The Morgan fingerprint density at radius 3 is 2.29 bits per heavy atom. The topological polar surface area (TPSA) is 81.6 Å². The van der Waals surface area contributed by atoms with E-state index >= 15 is 0 Å². The van der Waals surface area contributed by atoms with Crippen molar-refractivity contribution in [2.24, 2.45) is 0 Å². The van der Waals surface area contributed by atoms with E-state index in [1.807, 2.05) is 13.8 Å². The lowest BCUT2D eigenvalue weighted by molar-refractivity contribution is -0.137. The average Bonchev–Trinajstić information content (AvgIpc) is 2.09. The first-order chi connectivity index (χ1) is 6.56. The predicted octanol–water partition coefficient (Wildman–Crippen LogP) is -0.590. The Morgan fingerprint density at radius 2 is 1.86 bits per heavy atom. The number of rotatable bonds is 8. The summed E-state index contributed by atoms with van der Waals surface area (Å²) < 4.78 is 0. The highest BCUT2D eigenvalue weighted by molar-refractivity contribution is 5.67. The summed E-state index contributed by atoms with van der Waals surface area (Å²) in [5.41, 5.74) is 0. The smallest absolute Gasteiger partial charge is 0.305 e. The summed E-state index contributed by atoms with van der Waals surface area (Å²) in [4.78, 5) is 10.3. The fourth-order valence-corrected chi connectivity index (χ4v) is 1.05. The quantitative estimate of drug-likeness (QED) is 0.397. The lowest BCUT2D eigenvalue weighted by Crippen LogP contribution is -2.40. The van der Waals surface area contributed by atoms with Gasteiger partial charge in [0.25, 0.3) is 0 Å². The molecule has 0 aromatic carbocycles. The Kier molecular flexibility index (Phi) is 7.37. The summed E-state index contributed by atoms with van der Waals surface area (Å²) in [5.74, 6) is -0.895. The van der Waals surface area contributed by atoms with Crippen LogP contribution in [0.5, 0.6) is 0 Å². The first-order valence-corrected chi connectivity index (χ1v) is 4.85. The van der Waals surface area contributed by atoms with Crippen molar-refractivity contribution in [3.63, 3.8) is 0 Å². The molecule has 0 aliphatic rings. The SMILES string of the molecule is CC(C)NCCN[C@@H](CO)CC(=O)O. The largest absolute Gasteiger partial charge is 0.481 e. The Balaban J connectivity index is 3.47. The van der Waals surface area contributed by atoms with Gasteiger partial charge in [0.2, 0.25) is 0 Å². The van der Waals surface area contributed by atoms with Gasteiger partial charge in [0.15, 0.2) is 0 Å². The molecule has 0 fully saturated rings. The second kappa shape index (κ2) is 7.73. The van der Waals surface area contributed by atoms with Crippen LogP contribution >= 0.6 is 0 Å². The Bertz CT molecular complexity index is 162. The van der Waals surface area contributed by atoms with E-state index in [2.05, 4.69) is 10.6 Å². The van der Waals surface area contributed by atoms with Crippen molar-refractivity contribution in [3.05, 3.63) is 0 Å². The molecule has 84 valence electrons. The molecule has 0 amide bonds. The Morgan fingerprint density at radius 1 is 1.29 bits per heavy atom. The molecule has 0 saturated carbocycles. The van der Waals surface area contributed by atoms with Crippen LogP contribution in [0.4, 0.5) is 0 Å². The number of aliphatic hydroxyl groups is 1. The van der Waals surface area contributed by atoms with Crippen LogP contribution in [-0.2, 0) is 4.79 Å².